The van der Waals surface area contributed by atoms with Crippen LogP contribution in [0.15, 0.2) is 47.6 Å². The first-order chi connectivity index (χ1) is 27.9. The van der Waals surface area contributed by atoms with E-state index in [0.29, 0.717) is 62.7 Å². The molecule has 5 heterocycles. The van der Waals surface area contributed by atoms with Gasteiger partial charge < -0.3 is 28.6 Å². The number of carbonyl (C=O) groups excluding carboxylic acids is 2. The van der Waals surface area contributed by atoms with Gasteiger partial charge in [0.1, 0.15) is 27.0 Å². The Kier molecular flexibility index (Phi) is 13.4. The van der Waals surface area contributed by atoms with Gasteiger partial charge in [0, 0.05) is 31.9 Å². The minimum absolute atomic E-state index is 0.101. The highest BCUT2D eigenvalue weighted by atomic mass is 79.9. The van der Waals surface area contributed by atoms with E-state index in [1.807, 2.05) is 76.0 Å². The quantitative estimate of drug-likeness (QED) is 0.107. The van der Waals surface area contributed by atoms with Crippen LogP contribution in [-0.4, -0.2) is 92.0 Å². The molecule has 17 heteroatoms. The summed E-state index contributed by atoms with van der Waals surface area (Å²) < 4.78 is 16.9. The molecule has 0 radical (unpaired) electrons. The monoisotopic (exact) mass is 932 g/mol. The van der Waals surface area contributed by atoms with E-state index in [1.165, 1.54) is 0 Å². The van der Waals surface area contributed by atoms with Crippen LogP contribution in [0.5, 0.6) is 0 Å². The molecule has 6 rings (SSSR count). The molecule has 0 saturated heterocycles. The van der Waals surface area contributed by atoms with Crippen molar-refractivity contribution in [3.05, 3.63) is 64.3 Å². The van der Waals surface area contributed by atoms with E-state index < -0.39 is 27.7 Å². The Morgan fingerprint density at radius 1 is 0.738 bits per heavy atom. The van der Waals surface area contributed by atoms with Crippen molar-refractivity contribution in [2.75, 3.05) is 13.2 Å². The maximum absolute atomic E-state index is 13.4. The standard InChI is InChI=1S/C26H36N6O2Si.C18H29BrN4O2Si/c1-16-10-11-17-19(12-16)30-31-21(17)20-13-27-23-22(28-20)18(14-32(23)7)24(33)29-26(5,6)15-34-35(8,9)25(2,3)4;1-17(2,3)26(7,8)25-11-18(4,5)22-16(24)12-10-23(6)15-14(12)21-13(19)9-20-15/h10-14H,15H2,1-9H3,(H,29,33)(H,30,31);9-10H,11H2,1-8H3,(H,22,24). The molecule has 0 aliphatic heterocycles. The normalized spacial score (nSPS) is 13.1. The number of hydrogen-bond donors (Lipinski definition) is 3. The van der Waals surface area contributed by atoms with Crippen LogP contribution >= 0.6 is 15.9 Å². The molecule has 14 nitrogen and oxygen atoms in total. The molecule has 0 aliphatic carbocycles. The van der Waals surface area contributed by atoms with E-state index in [2.05, 4.69) is 119 Å². The second-order valence-corrected chi connectivity index (χ2v) is 30.9. The number of aryl methyl sites for hydroxylation is 3. The van der Waals surface area contributed by atoms with Crippen LogP contribution in [0.3, 0.4) is 0 Å². The largest absolute Gasteiger partial charge is 0.414 e. The van der Waals surface area contributed by atoms with Gasteiger partial charge in [-0.25, -0.2) is 19.9 Å². The zero-order valence-electron chi connectivity index (χ0n) is 39.1. The van der Waals surface area contributed by atoms with E-state index in [0.717, 1.165) is 16.5 Å². The number of halogens is 1. The van der Waals surface area contributed by atoms with Crippen molar-refractivity contribution >= 4 is 77.6 Å². The van der Waals surface area contributed by atoms with Crippen molar-refractivity contribution in [1.29, 1.82) is 0 Å². The second-order valence-electron chi connectivity index (χ2n) is 20.5. The third kappa shape index (κ3) is 10.8. The Balaban J connectivity index is 0.000000242. The third-order valence-corrected chi connectivity index (χ3v) is 21.2. The van der Waals surface area contributed by atoms with Gasteiger partial charge in [-0.2, -0.15) is 5.10 Å². The molecular weight excluding hydrogens is 869 g/mol. The summed E-state index contributed by atoms with van der Waals surface area (Å²) in [5, 5.41) is 15.0. The first-order valence-corrected chi connectivity index (χ1v) is 27.2. The number of fused-ring (bicyclic) bond motifs is 3. The topological polar surface area (TPSA) is 167 Å². The molecule has 2 amide bonds. The van der Waals surface area contributed by atoms with E-state index >= 15 is 0 Å². The molecule has 3 N–H and O–H groups in total. The smallest absolute Gasteiger partial charge is 0.255 e. The number of nitrogens with one attached hydrogen (secondary N) is 3. The zero-order valence-corrected chi connectivity index (χ0v) is 42.7. The van der Waals surface area contributed by atoms with Crippen LogP contribution in [0.4, 0.5) is 0 Å². The van der Waals surface area contributed by atoms with E-state index in [9.17, 15) is 9.59 Å². The zero-order chi connectivity index (χ0) is 45.7. The van der Waals surface area contributed by atoms with Gasteiger partial charge in [0.25, 0.3) is 11.8 Å². The van der Waals surface area contributed by atoms with Crippen molar-refractivity contribution in [3.8, 4) is 11.4 Å². The van der Waals surface area contributed by atoms with Crippen LogP contribution in [-0.2, 0) is 22.9 Å². The van der Waals surface area contributed by atoms with Crippen LogP contribution in [0, 0.1) is 6.92 Å². The predicted octanol–water partition coefficient (Wildman–Crippen LogP) is 9.61. The fourth-order valence-electron chi connectivity index (χ4n) is 6.00. The maximum Gasteiger partial charge on any atom is 0.255 e. The number of nitrogens with zero attached hydrogens (tertiary/aromatic N) is 7. The summed E-state index contributed by atoms with van der Waals surface area (Å²) in [5.74, 6) is -0.375. The lowest BCUT2D eigenvalue weighted by Crippen LogP contribution is -2.51. The molecule has 0 aliphatic rings. The van der Waals surface area contributed by atoms with E-state index in [-0.39, 0.29) is 21.9 Å². The molecule has 5 aromatic heterocycles. The molecule has 0 fully saturated rings. The molecule has 0 bridgehead atoms. The van der Waals surface area contributed by atoms with Gasteiger partial charge in [-0.05, 0) is 98.4 Å². The van der Waals surface area contributed by atoms with Crippen molar-refractivity contribution < 1.29 is 18.4 Å². The average molecular weight is 934 g/mol. The molecular formula is C44H65BrN10O4Si2. The Morgan fingerprint density at radius 3 is 1.67 bits per heavy atom. The summed E-state index contributed by atoms with van der Waals surface area (Å²) in [5.41, 5.74) is 5.83. The second kappa shape index (κ2) is 17.1. The molecule has 0 spiro atoms. The number of H-pyrrole nitrogens is 1. The fourth-order valence-corrected chi connectivity index (χ4v) is 8.59. The molecule has 0 atom stereocenters. The number of hydrogen-bond acceptors (Lipinski definition) is 9. The Labute approximate surface area is 370 Å². The summed E-state index contributed by atoms with van der Waals surface area (Å²) >= 11 is 3.32. The molecule has 330 valence electrons. The SMILES string of the molecule is Cc1ccc2c(-c3cnc4c(n3)c(C(=O)NC(C)(C)CO[Si](C)(C)C(C)(C)C)cn4C)n[nH]c2c1.Cn1cc(C(=O)NC(C)(C)CO[Si](C)(C)C(C)(C)C)c2nc(Br)cnc21. The molecule has 61 heavy (non-hydrogen) atoms. The van der Waals surface area contributed by atoms with Crippen molar-refractivity contribution in [3.63, 3.8) is 0 Å². The highest BCUT2D eigenvalue weighted by Gasteiger charge is 2.40. The van der Waals surface area contributed by atoms with Gasteiger partial charge in [0.05, 0.1) is 53.3 Å². The third-order valence-electron chi connectivity index (χ3n) is 11.9. The summed E-state index contributed by atoms with van der Waals surface area (Å²) in [6.45, 7) is 33.0. The Morgan fingerprint density at radius 2 is 1.20 bits per heavy atom. The minimum atomic E-state index is -1.94. The van der Waals surface area contributed by atoms with Crippen molar-refractivity contribution in [1.82, 2.24) is 49.9 Å². The van der Waals surface area contributed by atoms with Crippen molar-refractivity contribution in [2.24, 2.45) is 14.1 Å². The van der Waals surface area contributed by atoms with Crippen LogP contribution in [0.25, 0.3) is 44.6 Å². The first kappa shape index (κ1) is 47.7. The minimum Gasteiger partial charge on any atom is -0.414 e. The number of carbonyl (C=O) groups is 2. The Bertz CT molecular complexity index is 2580. The Hall–Kier alpha value is -4.30. The lowest BCUT2D eigenvalue weighted by Gasteiger charge is -2.39. The number of aromatic amines is 1. The molecule has 6 aromatic rings. The van der Waals surface area contributed by atoms with Gasteiger partial charge in [-0.1, -0.05) is 53.7 Å². The number of amides is 2. The van der Waals surface area contributed by atoms with Gasteiger partial charge in [0.15, 0.2) is 27.9 Å². The van der Waals surface area contributed by atoms with E-state index in [1.54, 1.807) is 24.8 Å². The summed E-state index contributed by atoms with van der Waals surface area (Å²) in [4.78, 5) is 44.4. The van der Waals surface area contributed by atoms with Gasteiger partial charge >= 0.3 is 0 Å². The van der Waals surface area contributed by atoms with Crippen LogP contribution in [0.1, 0.15) is 95.5 Å². The number of rotatable bonds is 11. The van der Waals surface area contributed by atoms with E-state index in [4.69, 9.17) is 13.8 Å². The fraction of sp³-hybridized carbons (Fsp3) is 0.523. The lowest BCUT2D eigenvalue weighted by molar-refractivity contribution is 0.0867. The number of aromatic nitrogens is 8. The van der Waals surface area contributed by atoms with Crippen LogP contribution in [0.2, 0.25) is 36.3 Å². The maximum atomic E-state index is 13.4. The lowest BCUT2D eigenvalue weighted by atomic mass is 10.1. The summed E-state index contributed by atoms with van der Waals surface area (Å²) in [6, 6.07) is 6.12. The summed E-state index contributed by atoms with van der Waals surface area (Å²) in [6.07, 6.45) is 6.87. The van der Waals surface area contributed by atoms with Crippen molar-refractivity contribution in [2.45, 2.75) is 124 Å². The average Bonchev–Trinajstić information content (AvgIpc) is 3.81. The molecule has 0 saturated carbocycles. The van der Waals surface area contributed by atoms with Gasteiger partial charge in [-0.15, -0.1) is 0 Å². The summed E-state index contributed by atoms with van der Waals surface area (Å²) in [7, 11) is -0.0912. The highest BCUT2D eigenvalue weighted by Crippen LogP contribution is 2.38. The predicted molar refractivity (Wildman–Crippen MR) is 254 cm³/mol. The molecule has 0 unspecified atom stereocenters. The van der Waals surface area contributed by atoms with Crippen LogP contribution < -0.4 is 10.6 Å². The highest BCUT2D eigenvalue weighted by molar-refractivity contribution is 9.10. The molecule has 1 aromatic carbocycles. The number of benzene rings is 1. The van der Waals surface area contributed by atoms with Gasteiger partial charge in [-0.3, -0.25) is 14.7 Å². The van der Waals surface area contributed by atoms with Gasteiger partial charge in [0.2, 0.25) is 0 Å². The first-order valence-electron chi connectivity index (χ1n) is 20.6.